The third-order valence-electron chi connectivity index (χ3n) is 12.0. The van der Waals surface area contributed by atoms with Gasteiger partial charge in [-0.05, 0) is 63.1 Å². The number of nitrogens with zero attached hydrogens (tertiary/aromatic N) is 8. The normalized spacial score (nSPS) is 19.9. The van der Waals surface area contributed by atoms with E-state index in [0.717, 1.165) is 50.0 Å². The summed E-state index contributed by atoms with van der Waals surface area (Å²) in [6, 6.07) is 7.61. The Kier molecular flexibility index (Phi) is 22.2. The number of halogens is 1. The largest absolute Gasteiger partial charge is 0.487 e. The Hall–Kier alpha value is -4.06. The number of rotatable bonds is 34. The van der Waals surface area contributed by atoms with Crippen LogP contribution >= 0.6 is 11.6 Å². The van der Waals surface area contributed by atoms with Gasteiger partial charge in [-0.15, -0.1) is 5.10 Å². The second-order valence-corrected chi connectivity index (χ2v) is 17.3. The summed E-state index contributed by atoms with van der Waals surface area (Å²) in [5.74, 6) is 1.45. The average molecular weight is 973 g/mol. The molecule has 1 aromatic carbocycles. The lowest BCUT2D eigenvalue weighted by atomic mass is 9.89. The van der Waals surface area contributed by atoms with Crippen LogP contribution < -0.4 is 14.8 Å². The third kappa shape index (κ3) is 16.8. The first kappa shape index (κ1) is 51.8. The van der Waals surface area contributed by atoms with Crippen molar-refractivity contribution in [2.75, 3.05) is 131 Å². The summed E-state index contributed by atoms with van der Waals surface area (Å²) < 4.78 is 65.9. The molecule has 3 atom stereocenters. The summed E-state index contributed by atoms with van der Waals surface area (Å²) in [6.07, 6.45) is 15.4. The van der Waals surface area contributed by atoms with Gasteiger partial charge in [0.2, 0.25) is 5.95 Å². The zero-order valence-electron chi connectivity index (χ0n) is 39.6. The van der Waals surface area contributed by atoms with E-state index in [2.05, 4.69) is 34.9 Å². The predicted octanol–water partition coefficient (Wildman–Crippen LogP) is 5.28. The van der Waals surface area contributed by atoms with E-state index < -0.39 is 0 Å². The summed E-state index contributed by atoms with van der Waals surface area (Å²) in [4.78, 5) is 16.1. The third-order valence-corrected chi connectivity index (χ3v) is 12.3. The number of morpholine rings is 1. The van der Waals surface area contributed by atoms with Crippen LogP contribution in [0.4, 0.5) is 11.6 Å². The highest BCUT2D eigenvalue weighted by Gasteiger charge is 2.42. The number of hydrogen-bond acceptors (Lipinski definition) is 18. The number of anilines is 2. The Bertz CT molecular complexity index is 1960. The maximum Gasteiger partial charge on any atom is 0.257 e. The van der Waals surface area contributed by atoms with Gasteiger partial charge in [0, 0.05) is 43.2 Å². The fraction of sp³-hybridized carbons (Fsp3) is 0.681. The molecule has 0 spiro atoms. The maximum absolute atomic E-state index is 6.53. The Morgan fingerprint density at radius 2 is 1.24 bits per heavy atom. The summed E-state index contributed by atoms with van der Waals surface area (Å²) in [5, 5.41) is 13.0. The Morgan fingerprint density at radius 1 is 0.691 bits per heavy atom. The van der Waals surface area contributed by atoms with Crippen molar-refractivity contribution < 1.29 is 52.1 Å². The Labute approximate surface area is 404 Å². The van der Waals surface area contributed by atoms with Gasteiger partial charge in [0.15, 0.2) is 0 Å². The minimum Gasteiger partial charge on any atom is -0.487 e. The first-order valence-corrected chi connectivity index (χ1v) is 24.4. The molecule has 7 rings (SSSR count). The van der Waals surface area contributed by atoms with Gasteiger partial charge in [-0.2, -0.15) is 5.10 Å². The van der Waals surface area contributed by atoms with Gasteiger partial charge in [-0.3, -0.25) is 9.58 Å². The van der Waals surface area contributed by atoms with Crippen molar-refractivity contribution in [1.82, 2.24) is 39.4 Å². The molecule has 20 nitrogen and oxygen atoms in total. The van der Waals surface area contributed by atoms with Crippen LogP contribution in [0.3, 0.4) is 0 Å². The fourth-order valence-corrected chi connectivity index (χ4v) is 8.83. The monoisotopic (exact) mass is 971 g/mol. The number of hydrogen-bond donors (Lipinski definition) is 1. The van der Waals surface area contributed by atoms with E-state index in [4.69, 9.17) is 68.8 Å². The molecule has 3 fully saturated rings. The summed E-state index contributed by atoms with van der Waals surface area (Å²) in [6.45, 7) is 11.9. The van der Waals surface area contributed by atoms with Gasteiger partial charge in [-0.25, -0.2) is 19.6 Å². The van der Waals surface area contributed by atoms with Crippen molar-refractivity contribution in [3.63, 3.8) is 0 Å². The molecule has 2 aliphatic heterocycles. The molecular formula is C47H70ClN9O11. The predicted molar refractivity (Wildman–Crippen MR) is 252 cm³/mol. The van der Waals surface area contributed by atoms with Crippen LogP contribution in [0.2, 0.25) is 5.02 Å². The van der Waals surface area contributed by atoms with Gasteiger partial charge in [-0.1, -0.05) is 17.7 Å². The standard InChI is InChI=1S/C47H70ClN9O11/c1-36(30-55-35-49-34-52-55)68-45-27-37(3-10-43(45)48)38-28-50-47(51-29-38)53-44-31-56(39-4-6-40(7-5-39)57-41-8-9-42(57)33-66-32-41)54-46(44)67-26-25-65-24-23-64-22-21-63-20-19-62-18-17-61-16-15-60-14-13-59-12-11-58-2/h3,10,27-29,31,34-36,39-42H,4-9,11-26,30,32-33H2,1-2H3,(H,50,51,53)/t36-,39-,40-,41-,42+/m0/s1. The number of fused-ring (bicyclic) bond motifs is 2. The van der Waals surface area contributed by atoms with Gasteiger partial charge in [0.1, 0.15) is 36.8 Å². The van der Waals surface area contributed by atoms with Crippen LogP contribution in [0.15, 0.2) is 49.4 Å². The molecule has 3 aromatic heterocycles. The smallest absolute Gasteiger partial charge is 0.257 e. The molecule has 0 amide bonds. The topological polar surface area (TPSA) is 191 Å². The number of nitrogens with one attached hydrogen (secondary N) is 1. The van der Waals surface area contributed by atoms with Gasteiger partial charge < -0.3 is 57.4 Å². The van der Waals surface area contributed by atoms with Crippen LogP contribution in [0, 0.1) is 0 Å². The van der Waals surface area contributed by atoms with Crippen molar-refractivity contribution in [3.05, 3.63) is 54.5 Å². The lowest BCUT2D eigenvalue weighted by molar-refractivity contribution is -0.0458. The van der Waals surface area contributed by atoms with Crippen LogP contribution in [0.5, 0.6) is 11.6 Å². The molecule has 21 heteroatoms. The number of aromatic nitrogens is 7. The lowest BCUT2D eigenvalue weighted by Gasteiger charge is -2.43. The number of ether oxygens (including phenoxy) is 11. The van der Waals surface area contributed by atoms with E-state index in [-0.39, 0.29) is 12.1 Å². The second-order valence-electron chi connectivity index (χ2n) is 16.9. The SMILES string of the molecule is COCCOCCOCCOCCOCCOCCOCCOCCOc1nn([C@H]2CC[C@H](N3[C@@H]4CC[C@H]3COC4)CC2)cc1Nc1ncc(-c2ccc(Cl)c(O[C@@H](C)Cn3cncn3)c2)cn1. The number of benzene rings is 1. The van der Waals surface area contributed by atoms with E-state index in [0.29, 0.717) is 159 Å². The molecule has 5 heterocycles. The highest BCUT2D eigenvalue weighted by Crippen LogP contribution is 2.40. The van der Waals surface area contributed by atoms with E-state index in [9.17, 15) is 0 Å². The van der Waals surface area contributed by atoms with Crippen molar-refractivity contribution in [1.29, 1.82) is 0 Å². The first-order valence-electron chi connectivity index (χ1n) is 24.0. The van der Waals surface area contributed by atoms with Gasteiger partial charge >= 0.3 is 0 Å². The van der Waals surface area contributed by atoms with Gasteiger partial charge in [0.25, 0.3) is 5.88 Å². The minimum atomic E-state index is -0.188. The molecule has 1 N–H and O–H groups in total. The molecule has 1 saturated carbocycles. The van der Waals surface area contributed by atoms with Crippen molar-refractivity contribution >= 4 is 23.2 Å². The maximum atomic E-state index is 6.53. The zero-order valence-corrected chi connectivity index (χ0v) is 40.4. The Balaban J connectivity index is 0.811. The average Bonchev–Trinajstić information content (AvgIpc) is 4.08. The molecule has 3 aliphatic rings. The zero-order chi connectivity index (χ0) is 47.0. The summed E-state index contributed by atoms with van der Waals surface area (Å²) in [5.41, 5.74) is 2.37. The van der Waals surface area contributed by atoms with Crippen molar-refractivity contribution in [3.8, 4) is 22.8 Å². The van der Waals surface area contributed by atoms with Crippen molar-refractivity contribution in [2.45, 2.75) is 82.3 Å². The van der Waals surface area contributed by atoms with E-state index in [1.807, 2.05) is 31.3 Å². The first-order chi connectivity index (χ1) is 33.5. The highest BCUT2D eigenvalue weighted by atomic mass is 35.5. The molecule has 4 aromatic rings. The summed E-state index contributed by atoms with van der Waals surface area (Å²) in [7, 11) is 1.65. The second kappa shape index (κ2) is 29.2. The minimum absolute atomic E-state index is 0.188. The van der Waals surface area contributed by atoms with Crippen LogP contribution in [-0.2, 0) is 49.2 Å². The van der Waals surface area contributed by atoms with E-state index in [1.165, 1.54) is 19.2 Å². The van der Waals surface area contributed by atoms with Crippen LogP contribution in [0.25, 0.3) is 11.1 Å². The quantitative estimate of drug-likeness (QED) is 0.0594. The Morgan fingerprint density at radius 3 is 1.79 bits per heavy atom. The molecule has 68 heavy (non-hydrogen) atoms. The molecule has 0 unspecified atom stereocenters. The van der Waals surface area contributed by atoms with E-state index >= 15 is 0 Å². The lowest BCUT2D eigenvalue weighted by Crippen LogP contribution is -2.52. The highest BCUT2D eigenvalue weighted by molar-refractivity contribution is 6.32. The molecule has 376 valence electrons. The molecule has 2 saturated heterocycles. The fourth-order valence-electron chi connectivity index (χ4n) is 8.67. The van der Waals surface area contributed by atoms with Crippen LogP contribution in [-0.4, -0.2) is 190 Å². The molecular weight excluding hydrogens is 902 g/mol. The van der Waals surface area contributed by atoms with Crippen LogP contribution in [0.1, 0.15) is 51.5 Å². The van der Waals surface area contributed by atoms with E-state index in [1.54, 1.807) is 30.5 Å². The molecule has 2 bridgehead atoms. The van der Waals surface area contributed by atoms with Gasteiger partial charge in [0.05, 0.1) is 136 Å². The van der Waals surface area contributed by atoms with Crippen molar-refractivity contribution in [2.24, 2.45) is 0 Å². The number of methoxy groups -OCH3 is 1. The molecule has 0 radical (unpaired) electrons. The molecule has 1 aliphatic carbocycles. The summed E-state index contributed by atoms with van der Waals surface area (Å²) >= 11 is 6.53.